The Bertz CT molecular complexity index is 179. The Balaban J connectivity index is 2.11. The Morgan fingerprint density at radius 2 is 2.31 bits per heavy atom. The van der Waals surface area contributed by atoms with Gasteiger partial charge in [-0.3, -0.25) is 0 Å². The zero-order valence-corrected chi connectivity index (χ0v) is 8.55. The van der Waals surface area contributed by atoms with Gasteiger partial charge in [-0.05, 0) is 39.2 Å². The maximum atomic E-state index is 5.48. The van der Waals surface area contributed by atoms with E-state index in [1.807, 2.05) is 14.0 Å². The van der Waals surface area contributed by atoms with Gasteiger partial charge in [-0.2, -0.15) is 0 Å². The summed E-state index contributed by atoms with van der Waals surface area (Å²) in [5.74, 6) is 3.51. The SMILES string of the molecule is C#CC(CC1CC(OCC)C1)NC. The lowest BCUT2D eigenvalue weighted by molar-refractivity contribution is -0.0275. The average molecular weight is 181 g/mol. The average Bonchev–Trinajstić information content (AvgIpc) is 2.09. The monoisotopic (exact) mass is 181 g/mol. The predicted octanol–water partition coefficient (Wildman–Crippen LogP) is 1.41. The van der Waals surface area contributed by atoms with E-state index in [9.17, 15) is 0 Å². The van der Waals surface area contributed by atoms with Crippen molar-refractivity contribution in [1.29, 1.82) is 0 Å². The zero-order chi connectivity index (χ0) is 9.68. The van der Waals surface area contributed by atoms with Gasteiger partial charge in [0, 0.05) is 6.61 Å². The molecule has 74 valence electrons. The first-order chi connectivity index (χ1) is 6.30. The molecule has 0 heterocycles. The highest BCUT2D eigenvalue weighted by Crippen LogP contribution is 2.33. The molecule has 0 aromatic heterocycles. The van der Waals surface area contributed by atoms with Gasteiger partial charge < -0.3 is 10.1 Å². The van der Waals surface area contributed by atoms with Crippen molar-refractivity contribution in [3.63, 3.8) is 0 Å². The van der Waals surface area contributed by atoms with Crippen molar-refractivity contribution in [1.82, 2.24) is 5.32 Å². The molecule has 1 atom stereocenters. The third-order valence-corrected chi connectivity index (χ3v) is 2.71. The van der Waals surface area contributed by atoms with Crippen LogP contribution in [0.4, 0.5) is 0 Å². The summed E-state index contributed by atoms with van der Waals surface area (Å²) in [7, 11) is 1.92. The van der Waals surface area contributed by atoms with Gasteiger partial charge in [-0.25, -0.2) is 0 Å². The second kappa shape index (κ2) is 5.26. The summed E-state index contributed by atoms with van der Waals surface area (Å²) in [5.41, 5.74) is 0. The summed E-state index contributed by atoms with van der Waals surface area (Å²) in [4.78, 5) is 0. The van der Waals surface area contributed by atoms with Gasteiger partial charge in [0.2, 0.25) is 0 Å². The van der Waals surface area contributed by atoms with Crippen LogP contribution in [0.15, 0.2) is 0 Å². The molecule has 0 aliphatic heterocycles. The summed E-state index contributed by atoms with van der Waals surface area (Å²) in [6, 6.07) is 0.243. The van der Waals surface area contributed by atoms with Gasteiger partial charge in [0.05, 0.1) is 12.1 Å². The number of nitrogens with one attached hydrogen (secondary N) is 1. The minimum atomic E-state index is 0.243. The third-order valence-electron chi connectivity index (χ3n) is 2.71. The van der Waals surface area contributed by atoms with Gasteiger partial charge in [0.25, 0.3) is 0 Å². The second-order valence-corrected chi connectivity index (χ2v) is 3.66. The lowest BCUT2D eigenvalue weighted by Gasteiger charge is -2.36. The topological polar surface area (TPSA) is 21.3 Å². The van der Waals surface area contributed by atoms with Crippen LogP contribution < -0.4 is 5.32 Å². The zero-order valence-electron chi connectivity index (χ0n) is 8.55. The van der Waals surface area contributed by atoms with Crippen LogP contribution in [0.5, 0.6) is 0 Å². The van der Waals surface area contributed by atoms with E-state index < -0.39 is 0 Å². The maximum absolute atomic E-state index is 5.48. The van der Waals surface area contributed by atoms with Crippen molar-refractivity contribution in [3.8, 4) is 12.3 Å². The number of hydrogen-bond donors (Lipinski definition) is 1. The summed E-state index contributed by atoms with van der Waals surface area (Å²) < 4.78 is 5.48. The quantitative estimate of drug-likeness (QED) is 0.648. The number of hydrogen-bond acceptors (Lipinski definition) is 2. The van der Waals surface area contributed by atoms with Crippen LogP contribution in [0.2, 0.25) is 0 Å². The fraction of sp³-hybridized carbons (Fsp3) is 0.818. The van der Waals surface area contributed by atoms with E-state index in [2.05, 4.69) is 11.2 Å². The third kappa shape index (κ3) is 3.02. The van der Waals surface area contributed by atoms with Crippen molar-refractivity contribution in [2.75, 3.05) is 13.7 Å². The number of ether oxygens (including phenoxy) is 1. The molecule has 0 bridgehead atoms. The Morgan fingerprint density at radius 1 is 1.62 bits per heavy atom. The molecule has 0 aromatic carbocycles. The van der Waals surface area contributed by atoms with Crippen molar-refractivity contribution in [2.24, 2.45) is 5.92 Å². The minimum Gasteiger partial charge on any atom is -0.378 e. The Hall–Kier alpha value is -0.520. The van der Waals surface area contributed by atoms with Crippen molar-refractivity contribution >= 4 is 0 Å². The molecule has 1 rings (SSSR count). The summed E-state index contributed by atoms with van der Waals surface area (Å²) >= 11 is 0. The highest BCUT2D eigenvalue weighted by atomic mass is 16.5. The molecular weight excluding hydrogens is 162 g/mol. The Morgan fingerprint density at radius 3 is 2.77 bits per heavy atom. The van der Waals surface area contributed by atoms with Crippen LogP contribution in [0.25, 0.3) is 0 Å². The number of rotatable bonds is 5. The molecule has 0 aromatic rings. The van der Waals surface area contributed by atoms with E-state index in [0.29, 0.717) is 6.10 Å². The maximum Gasteiger partial charge on any atom is 0.0687 e. The van der Waals surface area contributed by atoms with Crippen LogP contribution >= 0.6 is 0 Å². The van der Waals surface area contributed by atoms with E-state index in [0.717, 1.165) is 18.9 Å². The van der Waals surface area contributed by atoms with E-state index >= 15 is 0 Å². The Kier molecular flexibility index (Phi) is 4.27. The first kappa shape index (κ1) is 10.6. The molecule has 2 heteroatoms. The smallest absolute Gasteiger partial charge is 0.0687 e. The lowest BCUT2D eigenvalue weighted by Crippen LogP contribution is -2.36. The highest BCUT2D eigenvalue weighted by Gasteiger charge is 2.30. The van der Waals surface area contributed by atoms with Gasteiger partial charge >= 0.3 is 0 Å². The molecule has 1 aliphatic carbocycles. The van der Waals surface area contributed by atoms with Crippen LogP contribution in [-0.4, -0.2) is 25.8 Å². The number of terminal acetylenes is 1. The van der Waals surface area contributed by atoms with Crippen molar-refractivity contribution in [3.05, 3.63) is 0 Å². The molecule has 1 fully saturated rings. The normalized spacial score (nSPS) is 29.0. The second-order valence-electron chi connectivity index (χ2n) is 3.66. The molecule has 1 aliphatic rings. The minimum absolute atomic E-state index is 0.243. The van der Waals surface area contributed by atoms with Crippen LogP contribution in [0.1, 0.15) is 26.2 Å². The summed E-state index contributed by atoms with van der Waals surface area (Å²) in [6.45, 7) is 2.88. The van der Waals surface area contributed by atoms with Crippen molar-refractivity contribution in [2.45, 2.75) is 38.3 Å². The molecule has 0 spiro atoms. The van der Waals surface area contributed by atoms with E-state index in [1.165, 1.54) is 12.8 Å². The van der Waals surface area contributed by atoms with Gasteiger partial charge in [-0.1, -0.05) is 5.92 Å². The fourth-order valence-corrected chi connectivity index (χ4v) is 1.84. The van der Waals surface area contributed by atoms with Gasteiger partial charge in [0.15, 0.2) is 0 Å². The molecule has 0 radical (unpaired) electrons. The molecular formula is C11H19NO. The molecule has 1 N–H and O–H groups in total. The van der Waals surface area contributed by atoms with Crippen LogP contribution in [-0.2, 0) is 4.74 Å². The Labute approximate surface area is 81.0 Å². The molecule has 1 unspecified atom stereocenters. The van der Waals surface area contributed by atoms with E-state index in [4.69, 9.17) is 11.2 Å². The van der Waals surface area contributed by atoms with Gasteiger partial charge in [0.1, 0.15) is 0 Å². The van der Waals surface area contributed by atoms with Crippen LogP contribution in [0.3, 0.4) is 0 Å². The molecule has 0 amide bonds. The first-order valence-electron chi connectivity index (χ1n) is 5.05. The standard InChI is InChI=1S/C11H19NO/c1-4-10(12-3)6-9-7-11(8-9)13-5-2/h1,9-12H,5-8H2,2-3H3. The van der Waals surface area contributed by atoms with E-state index in [-0.39, 0.29) is 6.04 Å². The largest absolute Gasteiger partial charge is 0.378 e. The molecule has 13 heavy (non-hydrogen) atoms. The lowest BCUT2D eigenvalue weighted by atomic mass is 9.78. The van der Waals surface area contributed by atoms with Gasteiger partial charge in [-0.15, -0.1) is 6.42 Å². The summed E-state index contributed by atoms with van der Waals surface area (Å²) in [6.07, 6.45) is 9.34. The molecule has 2 nitrogen and oxygen atoms in total. The highest BCUT2D eigenvalue weighted by molar-refractivity contribution is 5.00. The molecule has 1 saturated carbocycles. The predicted molar refractivity (Wildman–Crippen MR) is 54.4 cm³/mol. The molecule has 0 saturated heterocycles. The van der Waals surface area contributed by atoms with Crippen molar-refractivity contribution < 1.29 is 4.74 Å². The first-order valence-corrected chi connectivity index (χ1v) is 5.05. The summed E-state index contributed by atoms with van der Waals surface area (Å²) in [5, 5.41) is 3.12. The van der Waals surface area contributed by atoms with E-state index in [1.54, 1.807) is 0 Å². The fourth-order valence-electron chi connectivity index (χ4n) is 1.84. The van der Waals surface area contributed by atoms with Crippen LogP contribution in [0, 0.1) is 18.3 Å².